The van der Waals surface area contributed by atoms with E-state index in [1.54, 1.807) is 0 Å². The Morgan fingerprint density at radius 1 is 1.65 bits per heavy atom. The maximum absolute atomic E-state index is 11.9. The highest BCUT2D eigenvalue weighted by molar-refractivity contribution is 7.80. The van der Waals surface area contributed by atoms with Gasteiger partial charge in [-0.1, -0.05) is 33.0 Å². The van der Waals surface area contributed by atoms with Crippen LogP contribution >= 0.6 is 23.6 Å². The zero-order chi connectivity index (χ0) is 13.0. The largest absolute Gasteiger partial charge is 0.393 e. The Bertz CT molecular complexity index is 415. The van der Waals surface area contributed by atoms with E-state index in [1.165, 1.54) is 11.3 Å². The van der Waals surface area contributed by atoms with Gasteiger partial charge in [0, 0.05) is 5.38 Å². The van der Waals surface area contributed by atoms with Crippen molar-refractivity contribution in [1.29, 1.82) is 0 Å². The molecule has 94 valence electrons. The number of carbonyl (C=O) groups excluding carboxylic acids is 1. The molecule has 0 spiro atoms. The van der Waals surface area contributed by atoms with Gasteiger partial charge in [0.25, 0.3) is 0 Å². The zero-order valence-corrected chi connectivity index (χ0v) is 11.8. The molecule has 1 amide bonds. The van der Waals surface area contributed by atoms with Crippen LogP contribution in [0.2, 0.25) is 0 Å². The molecule has 0 fully saturated rings. The van der Waals surface area contributed by atoms with Crippen molar-refractivity contribution in [3.63, 3.8) is 0 Å². The molecule has 0 saturated heterocycles. The maximum atomic E-state index is 11.9. The highest BCUT2D eigenvalue weighted by Gasteiger charge is 2.20. The maximum Gasteiger partial charge on any atom is 0.236 e. The van der Waals surface area contributed by atoms with Gasteiger partial charge in [-0.25, -0.2) is 4.98 Å². The van der Waals surface area contributed by atoms with Crippen molar-refractivity contribution in [2.75, 3.05) is 5.32 Å². The molecule has 1 unspecified atom stereocenters. The number of carbonyl (C=O) groups is 1. The summed E-state index contributed by atoms with van der Waals surface area (Å²) in [7, 11) is 0. The van der Waals surface area contributed by atoms with Gasteiger partial charge in [-0.05, 0) is 12.3 Å². The minimum atomic E-state index is -0.420. The van der Waals surface area contributed by atoms with E-state index >= 15 is 0 Å². The molecule has 4 nitrogen and oxygen atoms in total. The van der Waals surface area contributed by atoms with Crippen LogP contribution in [0.25, 0.3) is 0 Å². The molecule has 6 heteroatoms. The third-order valence-electron chi connectivity index (χ3n) is 2.41. The van der Waals surface area contributed by atoms with Crippen LogP contribution in [0.4, 0.5) is 5.13 Å². The first kappa shape index (κ1) is 14.1. The predicted molar refractivity (Wildman–Crippen MR) is 75.4 cm³/mol. The molecule has 0 radical (unpaired) electrons. The first-order valence-corrected chi connectivity index (χ1v) is 6.80. The lowest BCUT2D eigenvalue weighted by atomic mass is 10.1. The molecule has 0 bridgehead atoms. The van der Waals surface area contributed by atoms with Crippen molar-refractivity contribution in [2.24, 2.45) is 11.7 Å². The zero-order valence-electron chi connectivity index (χ0n) is 10.2. The van der Waals surface area contributed by atoms with Crippen LogP contribution in [-0.2, 0) is 4.79 Å². The van der Waals surface area contributed by atoms with Crippen LogP contribution in [0.3, 0.4) is 0 Å². The summed E-state index contributed by atoms with van der Waals surface area (Å²) < 4.78 is 0. The Morgan fingerprint density at radius 2 is 2.29 bits per heavy atom. The average molecular weight is 271 g/mol. The molecule has 0 saturated carbocycles. The van der Waals surface area contributed by atoms with E-state index in [9.17, 15) is 4.79 Å². The fourth-order valence-electron chi connectivity index (χ4n) is 1.32. The molecular weight excluding hydrogens is 254 g/mol. The molecular formula is C11H17N3OS2. The van der Waals surface area contributed by atoms with Gasteiger partial charge in [-0.2, -0.15) is 0 Å². The number of nitrogens with zero attached hydrogens (tertiary/aromatic N) is 1. The monoisotopic (exact) mass is 271 g/mol. The highest BCUT2D eigenvalue weighted by atomic mass is 32.1. The van der Waals surface area contributed by atoms with Crippen LogP contribution in [0.15, 0.2) is 5.38 Å². The molecule has 1 heterocycles. The Labute approximate surface area is 111 Å². The van der Waals surface area contributed by atoms with Crippen molar-refractivity contribution < 1.29 is 4.79 Å². The number of thiocarbonyl (C=S) groups is 1. The molecule has 1 aromatic heterocycles. The van der Waals surface area contributed by atoms with Crippen LogP contribution in [0.1, 0.15) is 38.8 Å². The van der Waals surface area contributed by atoms with E-state index in [-0.39, 0.29) is 10.9 Å². The third kappa shape index (κ3) is 3.74. The molecule has 0 aliphatic rings. The number of amides is 1. The second-order valence-corrected chi connectivity index (χ2v) is 5.41. The summed E-state index contributed by atoms with van der Waals surface area (Å²) in [6.07, 6.45) is 0.601. The first-order valence-electron chi connectivity index (χ1n) is 5.51. The van der Waals surface area contributed by atoms with Gasteiger partial charge in [-0.15, -0.1) is 11.3 Å². The quantitative estimate of drug-likeness (QED) is 0.807. The van der Waals surface area contributed by atoms with E-state index in [1.807, 2.05) is 12.3 Å². The van der Waals surface area contributed by atoms with Gasteiger partial charge in [0.15, 0.2) is 5.13 Å². The number of hydrogen-bond donors (Lipinski definition) is 2. The lowest BCUT2D eigenvalue weighted by Gasteiger charge is -2.11. The van der Waals surface area contributed by atoms with Gasteiger partial charge in [0.1, 0.15) is 0 Å². The third-order valence-corrected chi connectivity index (χ3v) is 3.47. The smallest absolute Gasteiger partial charge is 0.236 e. The summed E-state index contributed by atoms with van der Waals surface area (Å²) in [5.41, 5.74) is 6.49. The number of thiazole rings is 1. The molecule has 1 aromatic rings. The Kier molecular flexibility index (Phi) is 5.02. The van der Waals surface area contributed by atoms with Crippen molar-refractivity contribution in [2.45, 2.75) is 33.1 Å². The summed E-state index contributed by atoms with van der Waals surface area (Å²) in [6.45, 7) is 6.00. The fraction of sp³-hybridized carbons (Fsp3) is 0.545. The van der Waals surface area contributed by atoms with Crippen LogP contribution < -0.4 is 11.1 Å². The minimum absolute atomic E-state index is 0.176. The second kappa shape index (κ2) is 6.07. The Hall–Kier alpha value is -1.01. The lowest BCUT2D eigenvalue weighted by molar-refractivity contribution is -0.118. The van der Waals surface area contributed by atoms with E-state index in [0.29, 0.717) is 17.5 Å². The first-order chi connectivity index (χ1) is 7.95. The van der Waals surface area contributed by atoms with Gasteiger partial charge >= 0.3 is 0 Å². The molecule has 0 aliphatic carbocycles. The van der Waals surface area contributed by atoms with Crippen molar-refractivity contribution >= 4 is 39.6 Å². The number of anilines is 1. The molecule has 0 aromatic carbocycles. The van der Waals surface area contributed by atoms with Gasteiger partial charge in [-0.3, -0.25) is 4.79 Å². The Balaban J connectivity index is 2.70. The molecule has 3 N–H and O–H groups in total. The SMILES string of the molecule is CCC(C(=O)Nc1nc(C(C)C)cs1)C(N)=S. The van der Waals surface area contributed by atoms with Crippen LogP contribution in [0.5, 0.6) is 0 Å². The van der Waals surface area contributed by atoms with Gasteiger partial charge < -0.3 is 11.1 Å². The molecule has 1 rings (SSSR count). The topological polar surface area (TPSA) is 68.0 Å². The minimum Gasteiger partial charge on any atom is -0.393 e. The van der Waals surface area contributed by atoms with Crippen LogP contribution in [-0.4, -0.2) is 15.9 Å². The Morgan fingerprint density at radius 3 is 2.71 bits per heavy atom. The number of aromatic nitrogens is 1. The summed E-state index contributed by atoms with van der Waals surface area (Å²) in [4.78, 5) is 16.4. The van der Waals surface area contributed by atoms with Crippen molar-refractivity contribution in [3.05, 3.63) is 11.1 Å². The predicted octanol–water partition coefficient (Wildman–Crippen LogP) is 2.52. The standard InChI is InChI=1S/C11H17N3OS2/c1-4-7(9(12)16)10(15)14-11-13-8(5-17-11)6(2)3/h5-7H,4H2,1-3H3,(H2,12,16)(H,13,14,15). The van der Waals surface area contributed by atoms with Crippen LogP contribution in [0, 0.1) is 5.92 Å². The van der Waals surface area contributed by atoms with E-state index in [0.717, 1.165) is 5.69 Å². The molecule has 0 aliphatic heterocycles. The second-order valence-electron chi connectivity index (χ2n) is 4.08. The number of rotatable bonds is 5. The van der Waals surface area contributed by atoms with Crippen molar-refractivity contribution in [1.82, 2.24) is 4.98 Å². The lowest BCUT2D eigenvalue weighted by Crippen LogP contribution is -2.32. The van der Waals surface area contributed by atoms with Crippen molar-refractivity contribution in [3.8, 4) is 0 Å². The molecule has 1 atom stereocenters. The summed E-state index contributed by atoms with van der Waals surface area (Å²) in [5, 5.41) is 5.30. The molecule has 17 heavy (non-hydrogen) atoms. The summed E-state index contributed by atoms with van der Waals surface area (Å²) in [6, 6.07) is 0. The number of nitrogens with one attached hydrogen (secondary N) is 1. The van der Waals surface area contributed by atoms with Gasteiger partial charge in [0.2, 0.25) is 5.91 Å². The summed E-state index contributed by atoms with van der Waals surface area (Å²) >= 11 is 6.27. The van der Waals surface area contributed by atoms with E-state index in [4.69, 9.17) is 18.0 Å². The number of hydrogen-bond acceptors (Lipinski definition) is 4. The normalized spacial score (nSPS) is 12.5. The number of nitrogens with two attached hydrogens (primary N) is 1. The summed E-state index contributed by atoms with van der Waals surface area (Å²) in [5.74, 6) is -0.240. The van der Waals surface area contributed by atoms with E-state index < -0.39 is 5.92 Å². The fourth-order valence-corrected chi connectivity index (χ4v) is 2.47. The average Bonchev–Trinajstić information content (AvgIpc) is 2.66. The highest BCUT2D eigenvalue weighted by Crippen LogP contribution is 2.22. The van der Waals surface area contributed by atoms with Gasteiger partial charge in [0.05, 0.1) is 16.6 Å². The van der Waals surface area contributed by atoms with E-state index in [2.05, 4.69) is 24.1 Å².